The molecule has 2 rings (SSSR count). The van der Waals surface area contributed by atoms with Crippen LogP contribution in [-0.4, -0.2) is 51.7 Å². The van der Waals surface area contributed by atoms with Gasteiger partial charge in [-0.2, -0.15) is 0 Å². The van der Waals surface area contributed by atoms with E-state index in [2.05, 4.69) is 53.5 Å². The smallest absolute Gasteiger partial charge is 0.0361 e. The highest BCUT2D eigenvalue weighted by atomic mass is 15.1. The first-order valence-electron chi connectivity index (χ1n) is 7.45. The third-order valence-electron chi connectivity index (χ3n) is 3.83. The lowest BCUT2D eigenvalue weighted by Gasteiger charge is -2.19. The number of nitrogens with zero attached hydrogens (tertiary/aromatic N) is 2. The molecule has 1 aliphatic heterocycles. The summed E-state index contributed by atoms with van der Waals surface area (Å²) < 4.78 is 0. The van der Waals surface area contributed by atoms with Crippen LogP contribution < -0.4 is 10.2 Å². The molecule has 1 N–H and O–H groups in total. The summed E-state index contributed by atoms with van der Waals surface area (Å²) in [7, 11) is 4.17. The molecule has 3 nitrogen and oxygen atoms in total. The van der Waals surface area contributed by atoms with Gasteiger partial charge in [0.2, 0.25) is 0 Å². The van der Waals surface area contributed by atoms with Crippen molar-refractivity contribution in [3.05, 3.63) is 29.8 Å². The summed E-state index contributed by atoms with van der Waals surface area (Å²) in [5.74, 6) is 0. The highest BCUT2D eigenvalue weighted by Gasteiger charge is 2.07. The Morgan fingerprint density at radius 2 is 1.89 bits per heavy atom. The Balaban J connectivity index is 1.72. The van der Waals surface area contributed by atoms with Gasteiger partial charge in [0.25, 0.3) is 0 Å². The lowest BCUT2D eigenvalue weighted by atomic mass is 10.1. The lowest BCUT2D eigenvalue weighted by Crippen LogP contribution is -2.29. The van der Waals surface area contributed by atoms with Crippen molar-refractivity contribution < 1.29 is 0 Å². The number of rotatable bonds is 5. The highest BCUT2D eigenvalue weighted by Crippen LogP contribution is 2.13. The first-order chi connectivity index (χ1) is 9.25. The second-order valence-electron chi connectivity index (χ2n) is 5.61. The second-order valence-corrected chi connectivity index (χ2v) is 5.61. The van der Waals surface area contributed by atoms with Gasteiger partial charge in [-0.05, 0) is 56.6 Å². The number of benzene rings is 1. The Morgan fingerprint density at radius 3 is 2.63 bits per heavy atom. The standard InChI is InChI=1S/C16H27N3/c1-18(2)16-8-6-15(7-9-16)5-3-12-19-13-4-10-17-11-14-19/h6-9,17H,3-5,10-14H2,1-2H3. The third kappa shape index (κ3) is 4.84. The molecule has 0 aliphatic carbocycles. The zero-order valence-electron chi connectivity index (χ0n) is 12.4. The molecule has 0 atom stereocenters. The molecule has 0 saturated carbocycles. The fraction of sp³-hybridized carbons (Fsp3) is 0.625. The van der Waals surface area contributed by atoms with E-state index in [1.807, 2.05) is 0 Å². The van der Waals surface area contributed by atoms with Crippen LogP contribution in [0.2, 0.25) is 0 Å². The zero-order valence-corrected chi connectivity index (χ0v) is 12.4. The van der Waals surface area contributed by atoms with Gasteiger partial charge in [0.15, 0.2) is 0 Å². The molecular formula is C16H27N3. The monoisotopic (exact) mass is 261 g/mol. The number of aryl methyl sites for hydroxylation is 1. The normalized spacial score (nSPS) is 17.2. The van der Waals surface area contributed by atoms with E-state index < -0.39 is 0 Å². The molecule has 1 fully saturated rings. The molecule has 1 aromatic carbocycles. The Labute approximate surface area is 117 Å². The summed E-state index contributed by atoms with van der Waals surface area (Å²) in [6, 6.07) is 8.95. The van der Waals surface area contributed by atoms with Crippen molar-refractivity contribution in [3.8, 4) is 0 Å². The van der Waals surface area contributed by atoms with Crippen molar-refractivity contribution >= 4 is 5.69 Å². The summed E-state index contributed by atoms with van der Waals surface area (Å²) in [5, 5.41) is 3.46. The molecule has 0 amide bonds. The van der Waals surface area contributed by atoms with Crippen LogP contribution in [0.5, 0.6) is 0 Å². The van der Waals surface area contributed by atoms with E-state index in [0.717, 1.165) is 6.54 Å². The molecule has 1 aromatic rings. The Hall–Kier alpha value is -1.06. The van der Waals surface area contributed by atoms with Crippen LogP contribution in [0.1, 0.15) is 18.4 Å². The number of nitrogens with one attached hydrogen (secondary N) is 1. The average Bonchev–Trinajstić information content (AvgIpc) is 2.68. The van der Waals surface area contributed by atoms with E-state index in [0.29, 0.717) is 0 Å². The molecule has 0 aromatic heterocycles. The fourth-order valence-electron chi connectivity index (χ4n) is 2.59. The first-order valence-corrected chi connectivity index (χ1v) is 7.45. The van der Waals surface area contributed by atoms with Crippen LogP contribution in [0.15, 0.2) is 24.3 Å². The summed E-state index contributed by atoms with van der Waals surface area (Å²) in [4.78, 5) is 4.74. The molecule has 1 aliphatic rings. The van der Waals surface area contributed by atoms with Crippen molar-refractivity contribution in [2.24, 2.45) is 0 Å². The Kier molecular flexibility index (Phi) is 5.67. The van der Waals surface area contributed by atoms with Gasteiger partial charge in [0, 0.05) is 32.9 Å². The van der Waals surface area contributed by atoms with Crippen LogP contribution >= 0.6 is 0 Å². The molecule has 0 unspecified atom stereocenters. The zero-order chi connectivity index (χ0) is 13.5. The molecular weight excluding hydrogens is 234 g/mol. The third-order valence-corrected chi connectivity index (χ3v) is 3.83. The van der Waals surface area contributed by atoms with Crippen molar-refractivity contribution in [1.29, 1.82) is 0 Å². The van der Waals surface area contributed by atoms with Gasteiger partial charge < -0.3 is 15.1 Å². The van der Waals surface area contributed by atoms with Gasteiger partial charge in [-0.15, -0.1) is 0 Å². The summed E-state index contributed by atoms with van der Waals surface area (Å²) >= 11 is 0. The van der Waals surface area contributed by atoms with Gasteiger partial charge in [0.1, 0.15) is 0 Å². The quantitative estimate of drug-likeness (QED) is 0.874. The second kappa shape index (κ2) is 7.51. The molecule has 1 heterocycles. The molecule has 0 bridgehead atoms. The Morgan fingerprint density at radius 1 is 1.11 bits per heavy atom. The maximum Gasteiger partial charge on any atom is 0.0361 e. The fourth-order valence-corrected chi connectivity index (χ4v) is 2.59. The van der Waals surface area contributed by atoms with E-state index in [1.165, 1.54) is 56.7 Å². The predicted molar refractivity (Wildman–Crippen MR) is 83.0 cm³/mol. The van der Waals surface area contributed by atoms with Crippen LogP contribution in [0.4, 0.5) is 5.69 Å². The van der Waals surface area contributed by atoms with E-state index in [-0.39, 0.29) is 0 Å². The first kappa shape index (κ1) is 14.4. The largest absolute Gasteiger partial charge is 0.378 e. The van der Waals surface area contributed by atoms with Gasteiger partial charge in [-0.25, -0.2) is 0 Å². The maximum atomic E-state index is 3.46. The van der Waals surface area contributed by atoms with Crippen LogP contribution in [0.3, 0.4) is 0 Å². The van der Waals surface area contributed by atoms with Crippen LogP contribution in [-0.2, 0) is 6.42 Å². The average molecular weight is 261 g/mol. The topological polar surface area (TPSA) is 18.5 Å². The maximum absolute atomic E-state index is 3.46. The van der Waals surface area contributed by atoms with Gasteiger partial charge >= 0.3 is 0 Å². The molecule has 106 valence electrons. The Bertz CT molecular complexity index is 351. The molecule has 19 heavy (non-hydrogen) atoms. The van der Waals surface area contributed by atoms with Crippen LogP contribution in [0, 0.1) is 0 Å². The molecule has 0 spiro atoms. The van der Waals surface area contributed by atoms with E-state index in [9.17, 15) is 0 Å². The van der Waals surface area contributed by atoms with E-state index in [4.69, 9.17) is 0 Å². The number of anilines is 1. The molecule has 3 heteroatoms. The van der Waals surface area contributed by atoms with Crippen LogP contribution in [0.25, 0.3) is 0 Å². The van der Waals surface area contributed by atoms with E-state index >= 15 is 0 Å². The predicted octanol–water partition coefficient (Wildman–Crippen LogP) is 1.98. The van der Waals surface area contributed by atoms with Crippen molar-refractivity contribution in [2.75, 3.05) is 51.7 Å². The van der Waals surface area contributed by atoms with Gasteiger partial charge in [-0.3, -0.25) is 0 Å². The summed E-state index contributed by atoms with van der Waals surface area (Å²) in [6.07, 6.45) is 3.75. The number of hydrogen-bond acceptors (Lipinski definition) is 3. The minimum Gasteiger partial charge on any atom is -0.378 e. The highest BCUT2D eigenvalue weighted by molar-refractivity contribution is 5.45. The SMILES string of the molecule is CN(C)c1ccc(CCCN2CCCNCC2)cc1. The van der Waals surface area contributed by atoms with Gasteiger partial charge in [-0.1, -0.05) is 12.1 Å². The minimum absolute atomic E-state index is 1.15. The van der Waals surface area contributed by atoms with Gasteiger partial charge in [0.05, 0.1) is 0 Å². The number of hydrogen-bond donors (Lipinski definition) is 1. The van der Waals surface area contributed by atoms with Crippen molar-refractivity contribution in [3.63, 3.8) is 0 Å². The minimum atomic E-state index is 1.15. The molecule has 0 radical (unpaired) electrons. The summed E-state index contributed by atoms with van der Waals surface area (Å²) in [5.41, 5.74) is 2.74. The van der Waals surface area contributed by atoms with E-state index in [1.54, 1.807) is 0 Å². The molecule has 1 saturated heterocycles. The van der Waals surface area contributed by atoms with Crippen molar-refractivity contribution in [1.82, 2.24) is 10.2 Å². The lowest BCUT2D eigenvalue weighted by molar-refractivity contribution is 0.289. The summed E-state index contributed by atoms with van der Waals surface area (Å²) in [6.45, 7) is 6.03. The van der Waals surface area contributed by atoms with Crippen molar-refractivity contribution in [2.45, 2.75) is 19.3 Å².